The van der Waals surface area contributed by atoms with Crippen molar-refractivity contribution in [3.05, 3.63) is 24.3 Å². The standard InChI is InChI=1S/C17H20N2O5S/c1-17(2,3)24-16(22)19-9-10(8-12(19)14(20)21)23-15-18-11-6-4-5-7-13(11)25-15/h4-7,10,12H,8-9H2,1-3H3,(H,20,21). The molecule has 3 rings (SSSR count). The van der Waals surface area contributed by atoms with Crippen molar-refractivity contribution in [3.8, 4) is 5.19 Å². The highest BCUT2D eigenvalue weighted by molar-refractivity contribution is 7.20. The van der Waals surface area contributed by atoms with E-state index in [1.807, 2.05) is 24.3 Å². The number of carbonyl (C=O) groups is 2. The molecule has 7 nitrogen and oxygen atoms in total. The van der Waals surface area contributed by atoms with Gasteiger partial charge in [0, 0.05) is 6.42 Å². The Morgan fingerprint density at radius 2 is 2.04 bits per heavy atom. The Morgan fingerprint density at radius 3 is 2.68 bits per heavy atom. The van der Waals surface area contributed by atoms with Crippen LogP contribution in [-0.2, 0) is 9.53 Å². The molecule has 8 heteroatoms. The fourth-order valence-corrected chi connectivity index (χ4v) is 3.56. The second kappa shape index (κ2) is 6.51. The van der Waals surface area contributed by atoms with Crippen molar-refractivity contribution >= 4 is 33.6 Å². The topological polar surface area (TPSA) is 89.0 Å². The van der Waals surface area contributed by atoms with Gasteiger partial charge in [-0.2, -0.15) is 0 Å². The summed E-state index contributed by atoms with van der Waals surface area (Å²) in [4.78, 5) is 29.4. The predicted molar refractivity (Wildman–Crippen MR) is 93.0 cm³/mol. The minimum absolute atomic E-state index is 0.155. The zero-order valence-corrected chi connectivity index (χ0v) is 15.1. The molecule has 1 fully saturated rings. The van der Waals surface area contributed by atoms with Gasteiger partial charge < -0.3 is 14.6 Å². The van der Waals surface area contributed by atoms with E-state index in [9.17, 15) is 14.7 Å². The monoisotopic (exact) mass is 364 g/mol. The Labute approximate surface area is 149 Å². The maximum atomic E-state index is 12.3. The van der Waals surface area contributed by atoms with Crippen LogP contribution in [0.1, 0.15) is 27.2 Å². The number of thiazole rings is 1. The van der Waals surface area contributed by atoms with Crippen LogP contribution in [-0.4, -0.2) is 51.3 Å². The van der Waals surface area contributed by atoms with Gasteiger partial charge in [-0.1, -0.05) is 23.5 Å². The van der Waals surface area contributed by atoms with Crippen molar-refractivity contribution in [3.63, 3.8) is 0 Å². The first-order valence-electron chi connectivity index (χ1n) is 7.97. The molecule has 2 atom stereocenters. The van der Waals surface area contributed by atoms with Crippen LogP contribution in [0.15, 0.2) is 24.3 Å². The number of aromatic nitrogens is 1. The molecule has 1 aromatic heterocycles. The summed E-state index contributed by atoms with van der Waals surface area (Å²) in [6.45, 7) is 5.38. The fourth-order valence-electron chi connectivity index (χ4n) is 2.68. The van der Waals surface area contributed by atoms with E-state index < -0.39 is 29.8 Å². The Bertz CT molecular complexity index is 765. The lowest BCUT2D eigenvalue weighted by Crippen LogP contribution is -2.43. The molecule has 0 spiro atoms. The van der Waals surface area contributed by atoms with Gasteiger partial charge in [-0.05, 0) is 32.9 Å². The van der Waals surface area contributed by atoms with Crippen molar-refractivity contribution < 1.29 is 24.2 Å². The maximum absolute atomic E-state index is 12.3. The van der Waals surface area contributed by atoms with E-state index >= 15 is 0 Å². The van der Waals surface area contributed by atoms with Crippen LogP contribution in [0.25, 0.3) is 10.2 Å². The number of rotatable bonds is 3. The number of carbonyl (C=O) groups excluding carboxylic acids is 1. The van der Waals surface area contributed by atoms with E-state index in [1.165, 1.54) is 16.2 Å². The molecule has 1 N–H and O–H groups in total. The summed E-state index contributed by atoms with van der Waals surface area (Å²) in [5, 5.41) is 9.88. The Balaban J connectivity index is 1.73. The van der Waals surface area contributed by atoms with Crippen molar-refractivity contribution in [1.29, 1.82) is 0 Å². The van der Waals surface area contributed by atoms with Gasteiger partial charge in [-0.3, -0.25) is 4.90 Å². The molecule has 1 aliphatic heterocycles. The zero-order valence-electron chi connectivity index (χ0n) is 14.3. The van der Waals surface area contributed by atoms with Crippen molar-refractivity contribution in [2.24, 2.45) is 0 Å². The number of hydrogen-bond donors (Lipinski definition) is 1. The number of likely N-dealkylation sites (tertiary alicyclic amines) is 1. The highest BCUT2D eigenvalue weighted by Crippen LogP contribution is 2.31. The molecule has 25 heavy (non-hydrogen) atoms. The van der Waals surface area contributed by atoms with Crippen LogP contribution in [0.3, 0.4) is 0 Å². The largest absolute Gasteiger partial charge is 0.480 e. The first-order chi connectivity index (χ1) is 11.7. The third kappa shape index (κ3) is 4.01. The molecule has 1 aromatic carbocycles. The number of hydrogen-bond acceptors (Lipinski definition) is 6. The lowest BCUT2D eigenvalue weighted by molar-refractivity contribution is -0.142. The molecular weight excluding hydrogens is 344 g/mol. The SMILES string of the molecule is CC(C)(C)OC(=O)N1CC(Oc2nc3ccccc3s2)CC1C(=O)O. The van der Waals surface area contributed by atoms with Crippen LogP contribution >= 0.6 is 11.3 Å². The highest BCUT2D eigenvalue weighted by atomic mass is 32.1. The average Bonchev–Trinajstić information content (AvgIpc) is 3.09. The molecule has 1 saturated heterocycles. The number of carboxylic acids is 1. The van der Waals surface area contributed by atoms with Gasteiger partial charge >= 0.3 is 12.1 Å². The molecule has 2 unspecified atom stereocenters. The van der Waals surface area contributed by atoms with Gasteiger partial charge in [-0.15, -0.1) is 0 Å². The van der Waals surface area contributed by atoms with Gasteiger partial charge in [-0.25, -0.2) is 14.6 Å². The van der Waals surface area contributed by atoms with E-state index in [2.05, 4.69) is 4.98 Å². The summed E-state index contributed by atoms with van der Waals surface area (Å²) in [7, 11) is 0. The Morgan fingerprint density at radius 1 is 1.32 bits per heavy atom. The Kier molecular flexibility index (Phi) is 4.55. The summed E-state index contributed by atoms with van der Waals surface area (Å²) < 4.78 is 12.1. The predicted octanol–water partition coefficient (Wildman–Crippen LogP) is 3.14. The number of aliphatic carboxylic acids is 1. The first-order valence-corrected chi connectivity index (χ1v) is 8.79. The minimum atomic E-state index is -1.07. The van der Waals surface area contributed by atoms with Crippen LogP contribution < -0.4 is 4.74 Å². The maximum Gasteiger partial charge on any atom is 0.411 e. The van der Waals surface area contributed by atoms with Gasteiger partial charge in [0.25, 0.3) is 5.19 Å². The van der Waals surface area contributed by atoms with E-state index in [4.69, 9.17) is 9.47 Å². The molecule has 134 valence electrons. The van der Waals surface area contributed by atoms with Gasteiger partial charge in [0.15, 0.2) is 0 Å². The molecule has 1 amide bonds. The van der Waals surface area contributed by atoms with Crippen LogP contribution in [0.4, 0.5) is 4.79 Å². The molecule has 2 heterocycles. The van der Waals surface area contributed by atoms with Crippen molar-refractivity contribution in [2.75, 3.05) is 6.54 Å². The number of nitrogens with zero attached hydrogens (tertiary/aromatic N) is 2. The minimum Gasteiger partial charge on any atom is -0.480 e. The quantitative estimate of drug-likeness (QED) is 0.900. The van der Waals surface area contributed by atoms with E-state index in [0.717, 1.165) is 10.2 Å². The molecule has 0 radical (unpaired) electrons. The number of fused-ring (bicyclic) bond motifs is 1. The molecule has 2 aromatic rings. The summed E-state index contributed by atoms with van der Waals surface area (Å²) >= 11 is 1.40. The van der Waals surface area contributed by atoms with Crippen molar-refractivity contribution in [1.82, 2.24) is 9.88 Å². The van der Waals surface area contributed by atoms with E-state index in [0.29, 0.717) is 5.19 Å². The number of para-hydroxylation sites is 1. The van der Waals surface area contributed by atoms with Crippen LogP contribution in [0, 0.1) is 0 Å². The second-order valence-corrected chi connectivity index (χ2v) is 7.90. The molecule has 1 aliphatic rings. The smallest absolute Gasteiger partial charge is 0.411 e. The normalized spacial score (nSPS) is 20.7. The molecule has 0 bridgehead atoms. The van der Waals surface area contributed by atoms with Gasteiger partial charge in [0.1, 0.15) is 17.7 Å². The first kappa shape index (κ1) is 17.5. The third-order valence-electron chi connectivity index (χ3n) is 3.72. The second-order valence-electron chi connectivity index (χ2n) is 6.91. The van der Waals surface area contributed by atoms with Gasteiger partial charge in [0.2, 0.25) is 0 Å². The zero-order chi connectivity index (χ0) is 18.2. The fraction of sp³-hybridized carbons (Fsp3) is 0.471. The lowest BCUT2D eigenvalue weighted by Gasteiger charge is -2.26. The number of benzene rings is 1. The van der Waals surface area contributed by atoms with Crippen LogP contribution in [0.5, 0.6) is 5.19 Å². The average molecular weight is 364 g/mol. The third-order valence-corrected chi connectivity index (χ3v) is 4.64. The van der Waals surface area contributed by atoms with Crippen LogP contribution in [0.2, 0.25) is 0 Å². The Hall–Kier alpha value is -2.35. The highest BCUT2D eigenvalue weighted by Gasteiger charge is 2.43. The number of carboxylic acid groups (broad SMARTS) is 1. The molecule has 0 saturated carbocycles. The summed E-state index contributed by atoms with van der Waals surface area (Å²) in [5.74, 6) is -1.07. The molecular formula is C17H20N2O5S. The molecule has 0 aliphatic carbocycles. The van der Waals surface area contributed by atoms with E-state index in [1.54, 1.807) is 20.8 Å². The summed E-state index contributed by atoms with van der Waals surface area (Å²) in [5.41, 5.74) is 0.144. The van der Waals surface area contributed by atoms with Gasteiger partial charge in [0.05, 0.1) is 16.8 Å². The van der Waals surface area contributed by atoms with Crippen molar-refractivity contribution in [2.45, 2.75) is 44.9 Å². The lowest BCUT2D eigenvalue weighted by atomic mass is 10.2. The summed E-state index contributed by atoms with van der Waals surface area (Å²) in [6, 6.07) is 6.69. The number of amides is 1. The van der Waals surface area contributed by atoms with E-state index in [-0.39, 0.29) is 13.0 Å². The summed E-state index contributed by atoms with van der Waals surface area (Å²) in [6.07, 6.45) is -0.880. The number of ether oxygens (including phenoxy) is 2.